The van der Waals surface area contributed by atoms with Gasteiger partial charge in [-0.05, 0) is 24.5 Å². The molecule has 0 saturated heterocycles. The zero-order chi connectivity index (χ0) is 11.1. The van der Waals surface area contributed by atoms with Crippen LogP contribution < -0.4 is 5.32 Å². The predicted octanol–water partition coefficient (Wildman–Crippen LogP) is 1.08. The Morgan fingerprint density at radius 3 is 3.00 bits per heavy atom. The fourth-order valence-electron chi connectivity index (χ4n) is 1.34. The molecular formula is C11H16N2O2. The number of aromatic nitrogens is 1. The van der Waals surface area contributed by atoms with Crippen LogP contribution in [0.5, 0.6) is 0 Å². The molecule has 1 atom stereocenters. The molecule has 0 radical (unpaired) electrons. The van der Waals surface area contributed by atoms with Gasteiger partial charge in [-0.25, -0.2) is 0 Å². The molecule has 1 rings (SSSR count). The van der Waals surface area contributed by atoms with Crippen molar-refractivity contribution >= 4 is 5.97 Å². The molecule has 0 fully saturated rings. The Morgan fingerprint density at radius 1 is 1.67 bits per heavy atom. The summed E-state index contributed by atoms with van der Waals surface area (Å²) in [7, 11) is 0. The number of carboxylic acid groups (broad SMARTS) is 1. The van der Waals surface area contributed by atoms with E-state index in [9.17, 15) is 4.79 Å². The SMILES string of the molecule is CCC(NCCc1cccnc1)C(=O)O. The first-order valence-corrected chi connectivity index (χ1v) is 5.09. The van der Waals surface area contributed by atoms with Crippen LogP contribution in [-0.2, 0) is 11.2 Å². The normalized spacial score (nSPS) is 12.3. The summed E-state index contributed by atoms with van der Waals surface area (Å²) in [5, 5.41) is 11.8. The van der Waals surface area contributed by atoms with Gasteiger partial charge in [-0.2, -0.15) is 0 Å². The van der Waals surface area contributed by atoms with E-state index >= 15 is 0 Å². The van der Waals surface area contributed by atoms with E-state index in [1.165, 1.54) is 0 Å². The lowest BCUT2D eigenvalue weighted by Crippen LogP contribution is -2.37. The van der Waals surface area contributed by atoms with E-state index in [-0.39, 0.29) is 0 Å². The van der Waals surface area contributed by atoms with Crippen LogP contribution >= 0.6 is 0 Å². The predicted molar refractivity (Wildman–Crippen MR) is 57.7 cm³/mol. The molecule has 0 amide bonds. The summed E-state index contributed by atoms with van der Waals surface area (Å²) >= 11 is 0. The van der Waals surface area contributed by atoms with Gasteiger partial charge in [0, 0.05) is 18.9 Å². The third kappa shape index (κ3) is 4.08. The first kappa shape index (κ1) is 11.7. The maximum Gasteiger partial charge on any atom is 0.320 e. The topological polar surface area (TPSA) is 62.2 Å². The summed E-state index contributed by atoms with van der Waals surface area (Å²) in [4.78, 5) is 14.7. The van der Waals surface area contributed by atoms with Gasteiger partial charge < -0.3 is 10.4 Å². The molecule has 0 aliphatic carbocycles. The molecule has 0 aliphatic heterocycles. The average Bonchev–Trinajstić information content (AvgIpc) is 2.25. The standard InChI is InChI=1S/C11H16N2O2/c1-2-10(11(14)15)13-7-5-9-4-3-6-12-8-9/h3-4,6,8,10,13H,2,5,7H2,1H3,(H,14,15). The summed E-state index contributed by atoms with van der Waals surface area (Å²) in [6.45, 7) is 2.52. The van der Waals surface area contributed by atoms with E-state index in [1.54, 1.807) is 12.4 Å². The minimum absolute atomic E-state index is 0.443. The summed E-state index contributed by atoms with van der Waals surface area (Å²) in [6, 6.07) is 3.42. The lowest BCUT2D eigenvalue weighted by molar-refractivity contribution is -0.139. The number of carboxylic acids is 1. The molecule has 1 heterocycles. The first-order valence-electron chi connectivity index (χ1n) is 5.09. The Bertz CT molecular complexity index is 301. The van der Waals surface area contributed by atoms with Gasteiger partial charge in [-0.1, -0.05) is 13.0 Å². The monoisotopic (exact) mass is 208 g/mol. The summed E-state index contributed by atoms with van der Waals surface area (Å²) in [5.41, 5.74) is 1.12. The van der Waals surface area contributed by atoms with Gasteiger partial charge in [-0.15, -0.1) is 0 Å². The van der Waals surface area contributed by atoms with Crippen molar-refractivity contribution in [1.29, 1.82) is 0 Å². The van der Waals surface area contributed by atoms with Gasteiger partial charge in [0.05, 0.1) is 0 Å². The van der Waals surface area contributed by atoms with Crippen molar-refractivity contribution in [1.82, 2.24) is 10.3 Å². The second-order valence-corrected chi connectivity index (χ2v) is 3.36. The Morgan fingerprint density at radius 2 is 2.47 bits per heavy atom. The van der Waals surface area contributed by atoms with E-state index in [1.807, 2.05) is 19.1 Å². The molecule has 0 saturated carbocycles. The molecular weight excluding hydrogens is 192 g/mol. The third-order valence-corrected chi connectivity index (χ3v) is 2.23. The zero-order valence-corrected chi connectivity index (χ0v) is 8.81. The number of hydrogen-bond acceptors (Lipinski definition) is 3. The molecule has 15 heavy (non-hydrogen) atoms. The van der Waals surface area contributed by atoms with Gasteiger partial charge in [0.15, 0.2) is 0 Å². The maximum atomic E-state index is 10.7. The number of carbonyl (C=O) groups is 1. The van der Waals surface area contributed by atoms with E-state index in [0.717, 1.165) is 12.0 Å². The Balaban J connectivity index is 2.30. The smallest absolute Gasteiger partial charge is 0.320 e. The van der Waals surface area contributed by atoms with E-state index in [0.29, 0.717) is 13.0 Å². The van der Waals surface area contributed by atoms with Crippen molar-refractivity contribution in [2.24, 2.45) is 0 Å². The van der Waals surface area contributed by atoms with Crippen molar-refractivity contribution in [2.45, 2.75) is 25.8 Å². The van der Waals surface area contributed by atoms with Crippen LogP contribution in [0.3, 0.4) is 0 Å². The number of nitrogens with one attached hydrogen (secondary N) is 1. The highest BCUT2D eigenvalue weighted by Gasteiger charge is 2.12. The lowest BCUT2D eigenvalue weighted by Gasteiger charge is -2.11. The molecule has 4 nitrogen and oxygen atoms in total. The van der Waals surface area contributed by atoms with Crippen LogP contribution in [0.1, 0.15) is 18.9 Å². The molecule has 0 spiro atoms. The number of aliphatic carboxylic acids is 1. The Hall–Kier alpha value is -1.42. The lowest BCUT2D eigenvalue weighted by atomic mass is 10.2. The van der Waals surface area contributed by atoms with Crippen molar-refractivity contribution in [3.63, 3.8) is 0 Å². The number of rotatable bonds is 6. The quantitative estimate of drug-likeness (QED) is 0.734. The molecule has 0 aliphatic rings. The van der Waals surface area contributed by atoms with E-state index in [4.69, 9.17) is 5.11 Å². The van der Waals surface area contributed by atoms with Crippen LogP contribution in [0.4, 0.5) is 0 Å². The zero-order valence-electron chi connectivity index (χ0n) is 8.81. The molecule has 1 aromatic rings. The maximum absolute atomic E-state index is 10.7. The van der Waals surface area contributed by atoms with Crippen molar-refractivity contribution in [3.05, 3.63) is 30.1 Å². The van der Waals surface area contributed by atoms with Gasteiger partial charge in [0.1, 0.15) is 6.04 Å². The summed E-state index contributed by atoms with van der Waals surface area (Å²) in [6.07, 6.45) is 4.92. The first-order chi connectivity index (χ1) is 7.24. The van der Waals surface area contributed by atoms with Gasteiger partial charge in [-0.3, -0.25) is 9.78 Å². The number of nitrogens with zero attached hydrogens (tertiary/aromatic N) is 1. The Kier molecular flexibility index (Phi) is 4.77. The largest absolute Gasteiger partial charge is 0.480 e. The highest BCUT2D eigenvalue weighted by Crippen LogP contribution is 1.97. The Labute approximate surface area is 89.3 Å². The number of hydrogen-bond donors (Lipinski definition) is 2. The van der Waals surface area contributed by atoms with Crippen LogP contribution in [0, 0.1) is 0 Å². The van der Waals surface area contributed by atoms with Crippen LogP contribution in [0.2, 0.25) is 0 Å². The summed E-state index contributed by atoms with van der Waals surface area (Å²) in [5.74, 6) is -0.788. The van der Waals surface area contributed by atoms with Gasteiger partial charge in [0.2, 0.25) is 0 Å². The molecule has 2 N–H and O–H groups in total. The molecule has 0 bridgehead atoms. The van der Waals surface area contributed by atoms with Gasteiger partial charge >= 0.3 is 5.97 Å². The molecule has 0 aromatic carbocycles. The van der Waals surface area contributed by atoms with Crippen LogP contribution in [0.15, 0.2) is 24.5 Å². The van der Waals surface area contributed by atoms with Gasteiger partial charge in [0.25, 0.3) is 0 Å². The second-order valence-electron chi connectivity index (χ2n) is 3.36. The van der Waals surface area contributed by atoms with Crippen LogP contribution in [0.25, 0.3) is 0 Å². The minimum atomic E-state index is -0.788. The highest BCUT2D eigenvalue weighted by atomic mass is 16.4. The van der Waals surface area contributed by atoms with E-state index < -0.39 is 12.0 Å². The molecule has 1 aromatic heterocycles. The molecule has 82 valence electrons. The fraction of sp³-hybridized carbons (Fsp3) is 0.455. The molecule has 1 unspecified atom stereocenters. The third-order valence-electron chi connectivity index (χ3n) is 2.23. The van der Waals surface area contributed by atoms with Crippen LogP contribution in [-0.4, -0.2) is 28.6 Å². The molecule has 4 heteroatoms. The van der Waals surface area contributed by atoms with Crippen molar-refractivity contribution < 1.29 is 9.90 Å². The second kappa shape index (κ2) is 6.14. The van der Waals surface area contributed by atoms with E-state index in [2.05, 4.69) is 10.3 Å². The highest BCUT2D eigenvalue weighted by molar-refractivity contribution is 5.73. The summed E-state index contributed by atoms with van der Waals surface area (Å²) < 4.78 is 0. The van der Waals surface area contributed by atoms with Crippen molar-refractivity contribution in [2.75, 3.05) is 6.54 Å². The fourth-order valence-corrected chi connectivity index (χ4v) is 1.34. The van der Waals surface area contributed by atoms with Crippen molar-refractivity contribution in [3.8, 4) is 0 Å². The number of pyridine rings is 1. The average molecular weight is 208 g/mol. The minimum Gasteiger partial charge on any atom is -0.480 e.